The maximum atomic E-state index is 12.0. The van der Waals surface area contributed by atoms with Gasteiger partial charge in [0.2, 0.25) is 5.91 Å². The Morgan fingerprint density at radius 1 is 1.27 bits per heavy atom. The van der Waals surface area contributed by atoms with Crippen LogP contribution in [0, 0.1) is 20.8 Å². The quantitative estimate of drug-likeness (QED) is 0.748. The summed E-state index contributed by atoms with van der Waals surface area (Å²) in [6, 6.07) is 1.91. The highest BCUT2D eigenvalue weighted by molar-refractivity contribution is 5.97. The van der Waals surface area contributed by atoms with Crippen molar-refractivity contribution < 1.29 is 19.1 Å². The van der Waals surface area contributed by atoms with Gasteiger partial charge in [0.1, 0.15) is 0 Å². The van der Waals surface area contributed by atoms with Crippen LogP contribution in [0.3, 0.4) is 0 Å². The predicted molar refractivity (Wildman–Crippen MR) is 92.4 cm³/mol. The number of aryl methyl sites for hydroxylation is 3. The van der Waals surface area contributed by atoms with E-state index in [1.807, 2.05) is 26.8 Å². The Hall–Kier alpha value is -2.77. The van der Waals surface area contributed by atoms with Crippen LogP contribution in [-0.4, -0.2) is 50.4 Å². The minimum Gasteiger partial charge on any atom is -0.456 e. The molecular weight excluding hydrogens is 336 g/mol. The first-order valence-corrected chi connectivity index (χ1v) is 8.68. The lowest BCUT2D eigenvalue weighted by atomic mass is 10.1. The highest BCUT2D eigenvalue weighted by Gasteiger charge is 2.27. The lowest BCUT2D eigenvalue weighted by Crippen LogP contribution is -2.35. The maximum absolute atomic E-state index is 12.0. The lowest BCUT2D eigenvalue weighted by Gasteiger charge is -2.14. The second-order valence-electron chi connectivity index (χ2n) is 6.52. The Kier molecular flexibility index (Phi) is 5.01. The standard InChI is InChI=1S/C18H22N4O4/c1-11-9-15-19-12(2)14(13(3)22(15)20-11)6-7-18(25)26-10-17(24)21-8-4-5-16(21)23/h9H,4-8,10H2,1-3H3. The van der Waals surface area contributed by atoms with Gasteiger partial charge in [0.25, 0.3) is 5.91 Å². The number of aromatic nitrogens is 3. The fourth-order valence-corrected chi connectivity index (χ4v) is 3.23. The number of nitrogens with zero attached hydrogens (tertiary/aromatic N) is 4. The van der Waals surface area contributed by atoms with Gasteiger partial charge in [-0.1, -0.05) is 0 Å². The maximum Gasteiger partial charge on any atom is 0.306 e. The van der Waals surface area contributed by atoms with E-state index in [2.05, 4.69) is 10.1 Å². The summed E-state index contributed by atoms with van der Waals surface area (Å²) < 4.78 is 6.80. The molecule has 1 saturated heterocycles. The molecule has 26 heavy (non-hydrogen) atoms. The zero-order valence-corrected chi connectivity index (χ0v) is 15.2. The average Bonchev–Trinajstić information content (AvgIpc) is 3.17. The highest BCUT2D eigenvalue weighted by Crippen LogP contribution is 2.17. The number of hydrogen-bond donors (Lipinski definition) is 0. The number of rotatable bonds is 5. The molecule has 3 heterocycles. The molecule has 0 N–H and O–H groups in total. The van der Waals surface area contributed by atoms with E-state index >= 15 is 0 Å². The van der Waals surface area contributed by atoms with Crippen LogP contribution in [0.5, 0.6) is 0 Å². The van der Waals surface area contributed by atoms with Gasteiger partial charge in [0, 0.05) is 36.8 Å². The molecule has 0 bridgehead atoms. The molecule has 0 radical (unpaired) electrons. The van der Waals surface area contributed by atoms with Crippen molar-refractivity contribution in [2.24, 2.45) is 0 Å². The van der Waals surface area contributed by atoms with Crippen molar-refractivity contribution in [3.63, 3.8) is 0 Å². The SMILES string of the molecule is Cc1cc2nc(C)c(CCC(=O)OCC(=O)N3CCCC3=O)c(C)n2n1. The van der Waals surface area contributed by atoms with Crippen LogP contribution >= 0.6 is 0 Å². The summed E-state index contributed by atoms with van der Waals surface area (Å²) >= 11 is 0. The van der Waals surface area contributed by atoms with Crippen molar-refractivity contribution in [1.29, 1.82) is 0 Å². The number of esters is 1. The van der Waals surface area contributed by atoms with Gasteiger partial charge >= 0.3 is 5.97 Å². The third kappa shape index (κ3) is 3.58. The first kappa shape index (κ1) is 18.0. The number of fused-ring (bicyclic) bond motifs is 1. The van der Waals surface area contributed by atoms with E-state index in [1.165, 1.54) is 0 Å². The number of carbonyl (C=O) groups is 3. The minimum absolute atomic E-state index is 0.135. The van der Waals surface area contributed by atoms with E-state index in [0.29, 0.717) is 25.8 Å². The Labute approximate surface area is 151 Å². The van der Waals surface area contributed by atoms with E-state index in [4.69, 9.17) is 4.74 Å². The number of carbonyl (C=O) groups excluding carboxylic acids is 3. The monoisotopic (exact) mass is 358 g/mol. The molecule has 0 spiro atoms. The van der Waals surface area contributed by atoms with Gasteiger partial charge in [-0.25, -0.2) is 9.50 Å². The van der Waals surface area contributed by atoms with Crippen molar-refractivity contribution in [3.8, 4) is 0 Å². The van der Waals surface area contributed by atoms with Crippen LogP contribution in [0.25, 0.3) is 5.65 Å². The van der Waals surface area contributed by atoms with Crippen molar-refractivity contribution >= 4 is 23.4 Å². The molecular formula is C18H22N4O4. The van der Waals surface area contributed by atoms with Crippen molar-refractivity contribution in [1.82, 2.24) is 19.5 Å². The summed E-state index contributed by atoms with van der Waals surface area (Å²) in [5.74, 6) is -1.13. The van der Waals surface area contributed by atoms with Gasteiger partial charge < -0.3 is 4.74 Å². The Balaban J connectivity index is 1.58. The zero-order valence-electron chi connectivity index (χ0n) is 15.2. The van der Waals surface area contributed by atoms with Crippen LogP contribution in [0.2, 0.25) is 0 Å². The second-order valence-corrected chi connectivity index (χ2v) is 6.52. The van der Waals surface area contributed by atoms with Gasteiger partial charge in [-0.15, -0.1) is 0 Å². The fraction of sp³-hybridized carbons (Fsp3) is 0.500. The topological polar surface area (TPSA) is 93.9 Å². The summed E-state index contributed by atoms with van der Waals surface area (Å²) in [5.41, 5.74) is 4.39. The van der Waals surface area contributed by atoms with Crippen molar-refractivity contribution in [2.45, 2.75) is 46.5 Å². The minimum atomic E-state index is -0.472. The highest BCUT2D eigenvalue weighted by atomic mass is 16.5. The molecule has 8 nitrogen and oxygen atoms in total. The largest absolute Gasteiger partial charge is 0.456 e. The van der Waals surface area contributed by atoms with E-state index in [1.54, 1.807) is 4.52 Å². The Morgan fingerprint density at radius 2 is 2.04 bits per heavy atom. The van der Waals surface area contributed by atoms with Gasteiger partial charge in [0.15, 0.2) is 12.3 Å². The summed E-state index contributed by atoms with van der Waals surface area (Å²) in [4.78, 5) is 41.1. The molecule has 3 rings (SSSR count). The van der Waals surface area contributed by atoms with Gasteiger partial charge in [-0.2, -0.15) is 5.10 Å². The lowest BCUT2D eigenvalue weighted by molar-refractivity contribution is -0.154. The molecule has 138 valence electrons. The number of hydrogen-bond acceptors (Lipinski definition) is 6. The van der Waals surface area contributed by atoms with Gasteiger partial charge in [-0.3, -0.25) is 19.3 Å². The van der Waals surface area contributed by atoms with Crippen LogP contribution in [0.1, 0.15) is 41.9 Å². The summed E-state index contributed by atoms with van der Waals surface area (Å²) in [6.07, 6.45) is 1.63. The number of ether oxygens (including phenoxy) is 1. The molecule has 2 amide bonds. The second kappa shape index (κ2) is 7.23. The average molecular weight is 358 g/mol. The molecule has 2 aromatic rings. The van der Waals surface area contributed by atoms with Crippen molar-refractivity contribution in [3.05, 3.63) is 28.7 Å². The number of imide groups is 1. The van der Waals surface area contributed by atoms with Gasteiger partial charge in [0.05, 0.1) is 5.69 Å². The Morgan fingerprint density at radius 3 is 2.73 bits per heavy atom. The summed E-state index contributed by atoms with van der Waals surface area (Å²) in [5, 5.41) is 4.41. The van der Waals surface area contributed by atoms with Crippen LogP contribution < -0.4 is 0 Å². The van der Waals surface area contributed by atoms with Crippen LogP contribution in [0.4, 0.5) is 0 Å². The first-order valence-electron chi connectivity index (χ1n) is 8.68. The first-order chi connectivity index (χ1) is 12.4. The third-order valence-electron chi connectivity index (χ3n) is 4.60. The molecule has 0 unspecified atom stereocenters. The van der Waals surface area contributed by atoms with Crippen LogP contribution in [-0.2, 0) is 25.5 Å². The molecule has 0 aromatic carbocycles. The number of likely N-dealkylation sites (tertiary alicyclic amines) is 1. The number of amides is 2. The fourth-order valence-electron chi connectivity index (χ4n) is 3.23. The van der Waals surface area contributed by atoms with E-state index in [0.717, 1.165) is 33.2 Å². The molecule has 1 aliphatic rings. The predicted octanol–water partition coefficient (Wildman–Crippen LogP) is 1.28. The molecule has 0 aliphatic carbocycles. The Bertz CT molecular complexity index is 887. The smallest absolute Gasteiger partial charge is 0.306 e. The van der Waals surface area contributed by atoms with Crippen molar-refractivity contribution in [2.75, 3.05) is 13.2 Å². The molecule has 0 atom stereocenters. The zero-order chi connectivity index (χ0) is 18.8. The summed E-state index contributed by atoms with van der Waals surface area (Å²) in [7, 11) is 0. The van der Waals surface area contributed by atoms with E-state index < -0.39 is 18.5 Å². The molecule has 1 aliphatic heterocycles. The molecule has 8 heteroatoms. The molecule has 2 aromatic heterocycles. The van der Waals surface area contributed by atoms with E-state index in [-0.39, 0.29) is 12.3 Å². The summed E-state index contributed by atoms with van der Waals surface area (Å²) in [6.45, 7) is 5.76. The van der Waals surface area contributed by atoms with Crippen LogP contribution in [0.15, 0.2) is 6.07 Å². The molecule has 0 saturated carbocycles. The van der Waals surface area contributed by atoms with Gasteiger partial charge in [-0.05, 0) is 39.2 Å². The normalized spacial score (nSPS) is 14.3. The van der Waals surface area contributed by atoms with E-state index in [9.17, 15) is 14.4 Å². The molecule has 1 fully saturated rings. The third-order valence-corrected chi connectivity index (χ3v) is 4.60.